The number of carbonyl (C=O) groups excluding carboxylic acids is 1. The van der Waals surface area contributed by atoms with Crippen molar-refractivity contribution in [2.45, 2.75) is 30.8 Å². The summed E-state index contributed by atoms with van der Waals surface area (Å²) < 4.78 is 6.55. The zero-order chi connectivity index (χ0) is 18.2. The lowest BCUT2D eigenvalue weighted by Gasteiger charge is -2.41. The molecule has 1 aromatic carbocycles. The second kappa shape index (κ2) is 6.86. The summed E-state index contributed by atoms with van der Waals surface area (Å²) in [5, 5.41) is 19.7. The lowest BCUT2D eigenvalue weighted by Crippen LogP contribution is -2.52. The van der Waals surface area contributed by atoms with E-state index in [9.17, 15) is 9.90 Å². The highest BCUT2D eigenvalue weighted by Crippen LogP contribution is 2.43. The van der Waals surface area contributed by atoms with Gasteiger partial charge in [0.15, 0.2) is 5.72 Å². The number of aliphatic hydroxyl groups is 1. The van der Waals surface area contributed by atoms with Gasteiger partial charge in [0.05, 0.1) is 12.6 Å². The molecule has 9 heteroatoms. The first-order chi connectivity index (χ1) is 11.9. The number of esters is 1. The Kier molecular flexibility index (Phi) is 4.95. The van der Waals surface area contributed by atoms with Gasteiger partial charge in [0.25, 0.3) is 0 Å². The van der Waals surface area contributed by atoms with Crippen molar-refractivity contribution in [2.24, 2.45) is 5.92 Å². The van der Waals surface area contributed by atoms with Crippen LogP contribution in [0.5, 0.6) is 0 Å². The Hall–Kier alpha value is -1.77. The maximum absolute atomic E-state index is 12.6. The van der Waals surface area contributed by atoms with Crippen molar-refractivity contribution in [3.63, 3.8) is 0 Å². The van der Waals surface area contributed by atoms with E-state index >= 15 is 0 Å². The van der Waals surface area contributed by atoms with E-state index in [-0.39, 0.29) is 6.61 Å². The van der Waals surface area contributed by atoms with Crippen LogP contribution in [0.15, 0.2) is 29.4 Å². The van der Waals surface area contributed by atoms with Gasteiger partial charge in [-0.15, -0.1) is 5.10 Å². The van der Waals surface area contributed by atoms with E-state index in [0.717, 1.165) is 5.56 Å². The molecular formula is C16H19ClN4O3S. The molecule has 2 aromatic rings. The van der Waals surface area contributed by atoms with Crippen molar-refractivity contribution in [2.75, 3.05) is 18.2 Å². The first-order valence-corrected chi connectivity index (χ1v) is 9.41. The molecule has 0 bridgehead atoms. The number of hydrogen-bond donors (Lipinski definition) is 2. The van der Waals surface area contributed by atoms with Gasteiger partial charge in [0, 0.05) is 5.02 Å². The van der Waals surface area contributed by atoms with Crippen molar-refractivity contribution >= 4 is 35.3 Å². The number of thioether (sulfide) groups is 1. The van der Waals surface area contributed by atoms with Crippen LogP contribution in [0.3, 0.4) is 0 Å². The van der Waals surface area contributed by atoms with E-state index in [1.54, 1.807) is 26.0 Å². The monoisotopic (exact) mass is 382 g/mol. The first kappa shape index (κ1) is 18.0. The lowest BCUT2D eigenvalue weighted by atomic mass is 9.83. The number of aromatic nitrogens is 3. The summed E-state index contributed by atoms with van der Waals surface area (Å²) in [5.41, 5.74) is -0.805. The first-order valence-electron chi connectivity index (χ1n) is 7.81. The maximum Gasteiger partial charge on any atom is 0.316 e. The Balaban J connectivity index is 2.11. The quantitative estimate of drug-likeness (QED) is 0.620. The van der Waals surface area contributed by atoms with Gasteiger partial charge < -0.3 is 15.2 Å². The third-order valence-electron chi connectivity index (χ3n) is 4.18. The Labute approximate surface area is 154 Å². The van der Waals surface area contributed by atoms with Crippen LogP contribution in [0.2, 0.25) is 5.02 Å². The van der Waals surface area contributed by atoms with Gasteiger partial charge >= 0.3 is 5.97 Å². The fraction of sp³-hybridized carbons (Fsp3) is 0.438. The number of halogens is 1. The Morgan fingerprint density at radius 1 is 1.48 bits per heavy atom. The summed E-state index contributed by atoms with van der Waals surface area (Å²) in [4.78, 5) is 17.0. The zero-order valence-corrected chi connectivity index (χ0v) is 15.6. The molecule has 0 spiro atoms. The molecule has 3 rings (SSSR count). The van der Waals surface area contributed by atoms with Crippen LogP contribution < -0.4 is 5.32 Å². The molecule has 0 fully saturated rings. The predicted octanol–water partition coefficient (Wildman–Crippen LogP) is 2.66. The standard InChI is InChI=1S/C16H19ClN4O3S/c1-4-24-13(22)11-12(9-5-7-10(17)8-6-9)18-14-19-15(25-3)20-21(14)16(11,2)23/h5-8,11-12,23H,4H2,1-3H3,(H,18,19,20). The van der Waals surface area contributed by atoms with Crippen molar-refractivity contribution in [3.8, 4) is 0 Å². The van der Waals surface area contributed by atoms with Crippen LogP contribution in [-0.4, -0.2) is 38.7 Å². The predicted molar refractivity (Wildman–Crippen MR) is 95.6 cm³/mol. The van der Waals surface area contributed by atoms with E-state index in [1.807, 2.05) is 18.4 Å². The summed E-state index contributed by atoms with van der Waals surface area (Å²) in [5.74, 6) is -1.01. The average Bonchev–Trinajstić information content (AvgIpc) is 2.99. The highest BCUT2D eigenvalue weighted by atomic mass is 35.5. The Morgan fingerprint density at radius 3 is 2.76 bits per heavy atom. The normalized spacial score (nSPS) is 25.2. The highest BCUT2D eigenvalue weighted by molar-refractivity contribution is 7.98. The number of ether oxygens (including phenoxy) is 1. The molecule has 1 aliphatic rings. The van der Waals surface area contributed by atoms with Crippen LogP contribution >= 0.6 is 23.4 Å². The molecule has 25 heavy (non-hydrogen) atoms. The van der Waals surface area contributed by atoms with Gasteiger partial charge in [-0.2, -0.15) is 9.67 Å². The summed E-state index contributed by atoms with van der Waals surface area (Å²) in [6, 6.07) is 6.57. The summed E-state index contributed by atoms with van der Waals surface area (Å²) >= 11 is 7.32. The van der Waals surface area contributed by atoms with E-state index in [4.69, 9.17) is 16.3 Å². The number of anilines is 1. The topological polar surface area (TPSA) is 89.3 Å². The molecule has 3 unspecified atom stereocenters. The van der Waals surface area contributed by atoms with Gasteiger partial charge in [-0.1, -0.05) is 35.5 Å². The average molecular weight is 383 g/mol. The van der Waals surface area contributed by atoms with Gasteiger partial charge in [-0.3, -0.25) is 4.79 Å². The molecule has 0 radical (unpaired) electrons. The highest BCUT2D eigenvalue weighted by Gasteiger charge is 2.51. The molecule has 1 aromatic heterocycles. The third kappa shape index (κ3) is 3.21. The van der Waals surface area contributed by atoms with Crippen molar-refractivity contribution in [3.05, 3.63) is 34.9 Å². The molecule has 1 aliphatic heterocycles. The molecule has 0 amide bonds. The van der Waals surface area contributed by atoms with Gasteiger partial charge in [-0.25, -0.2) is 0 Å². The molecule has 7 nitrogen and oxygen atoms in total. The summed E-state index contributed by atoms with van der Waals surface area (Å²) in [6.07, 6.45) is 1.84. The Bertz CT molecular complexity index is 778. The molecule has 2 N–H and O–H groups in total. The number of fused-ring (bicyclic) bond motifs is 1. The minimum absolute atomic E-state index is 0.221. The molecule has 2 heterocycles. The largest absolute Gasteiger partial charge is 0.466 e. The van der Waals surface area contributed by atoms with Crippen molar-refractivity contribution < 1.29 is 14.6 Å². The van der Waals surface area contributed by atoms with Crippen LogP contribution in [-0.2, 0) is 15.3 Å². The Morgan fingerprint density at radius 2 is 2.16 bits per heavy atom. The van der Waals surface area contributed by atoms with Crippen LogP contribution in [0.25, 0.3) is 0 Å². The second-order valence-corrected chi connectivity index (χ2v) is 7.04. The van der Waals surface area contributed by atoms with Crippen molar-refractivity contribution in [1.29, 1.82) is 0 Å². The summed E-state index contributed by atoms with van der Waals surface area (Å²) in [6.45, 7) is 3.49. The van der Waals surface area contributed by atoms with Gasteiger partial charge in [0.2, 0.25) is 11.1 Å². The second-order valence-electron chi connectivity index (χ2n) is 5.83. The van der Waals surface area contributed by atoms with E-state index in [1.165, 1.54) is 16.4 Å². The van der Waals surface area contributed by atoms with Gasteiger partial charge in [-0.05, 0) is 37.8 Å². The van der Waals surface area contributed by atoms with E-state index < -0.39 is 23.7 Å². The SMILES string of the molecule is CCOC(=O)C1C(c2ccc(Cl)cc2)Nc2nc(SC)nn2C1(C)O. The van der Waals surface area contributed by atoms with Crippen LogP contribution in [0, 0.1) is 5.92 Å². The minimum Gasteiger partial charge on any atom is -0.466 e. The third-order valence-corrected chi connectivity index (χ3v) is 4.97. The molecule has 0 saturated carbocycles. The summed E-state index contributed by atoms with van der Waals surface area (Å²) in [7, 11) is 0. The van der Waals surface area contributed by atoms with E-state index in [2.05, 4.69) is 15.4 Å². The molecule has 134 valence electrons. The zero-order valence-electron chi connectivity index (χ0n) is 14.1. The molecule has 0 aliphatic carbocycles. The number of nitrogens with zero attached hydrogens (tertiary/aromatic N) is 3. The fourth-order valence-corrected chi connectivity index (χ4v) is 3.46. The number of hydrogen-bond acceptors (Lipinski definition) is 7. The smallest absolute Gasteiger partial charge is 0.316 e. The van der Waals surface area contributed by atoms with E-state index in [0.29, 0.717) is 16.1 Å². The maximum atomic E-state index is 12.6. The molecule has 3 atom stereocenters. The fourth-order valence-electron chi connectivity index (χ4n) is 3.00. The van der Waals surface area contributed by atoms with Crippen molar-refractivity contribution in [1.82, 2.24) is 14.8 Å². The number of benzene rings is 1. The molecule has 0 saturated heterocycles. The van der Waals surface area contributed by atoms with Crippen LogP contribution in [0.1, 0.15) is 25.5 Å². The molecular weight excluding hydrogens is 364 g/mol. The van der Waals surface area contributed by atoms with Crippen LogP contribution in [0.4, 0.5) is 5.95 Å². The van der Waals surface area contributed by atoms with Gasteiger partial charge in [0.1, 0.15) is 5.92 Å². The number of carbonyl (C=O) groups is 1. The number of nitrogens with one attached hydrogen (secondary N) is 1. The lowest BCUT2D eigenvalue weighted by molar-refractivity contribution is -0.171. The number of rotatable bonds is 4. The minimum atomic E-state index is -1.60.